The number of hydrogen-bond acceptors (Lipinski definition) is 5. The molecule has 1 aromatic heterocycles. The van der Waals surface area contributed by atoms with E-state index >= 15 is 0 Å². The van der Waals surface area contributed by atoms with E-state index in [-0.39, 0.29) is 11.8 Å². The minimum Gasteiger partial charge on any atom is -0.379 e. The van der Waals surface area contributed by atoms with Gasteiger partial charge in [-0.15, -0.1) is 0 Å². The topological polar surface area (TPSA) is 83.6 Å². The number of morpholine rings is 1. The predicted octanol–water partition coefficient (Wildman–Crippen LogP) is 4.42. The van der Waals surface area contributed by atoms with Gasteiger partial charge in [0.2, 0.25) is 5.91 Å². The summed E-state index contributed by atoms with van der Waals surface area (Å²) in [4.78, 5) is 32.4. The predicted molar refractivity (Wildman–Crippen MR) is 137 cm³/mol. The molecule has 0 unspecified atom stereocenters. The molecule has 5 rings (SSSR count). The number of rotatable bonds is 6. The van der Waals surface area contributed by atoms with Gasteiger partial charge in [0.1, 0.15) is 0 Å². The maximum absolute atomic E-state index is 13.3. The molecule has 35 heavy (non-hydrogen) atoms. The summed E-state index contributed by atoms with van der Waals surface area (Å²) in [5.41, 5.74) is 4.33. The molecule has 3 aromatic carbocycles. The smallest absolute Gasteiger partial charge is 0.256 e. The zero-order valence-electron chi connectivity index (χ0n) is 19.2. The molecule has 2 N–H and O–H groups in total. The van der Waals surface area contributed by atoms with Gasteiger partial charge < -0.3 is 15.4 Å². The van der Waals surface area contributed by atoms with Crippen LogP contribution in [0.4, 0.5) is 11.4 Å². The van der Waals surface area contributed by atoms with Crippen LogP contribution in [0.2, 0.25) is 0 Å². The monoisotopic (exact) mass is 466 g/mol. The fourth-order valence-electron chi connectivity index (χ4n) is 4.12. The Hall–Kier alpha value is -4.07. The SMILES string of the molecule is O=C(CN1CCOCC1)Nc1ccc(NC(=O)c2cc(-c3ccccc3)nc3ccccc23)cc1. The fourth-order valence-corrected chi connectivity index (χ4v) is 4.12. The molecule has 1 aliphatic rings. The highest BCUT2D eigenvalue weighted by molar-refractivity contribution is 6.13. The summed E-state index contributed by atoms with van der Waals surface area (Å²) in [7, 11) is 0. The minimum absolute atomic E-state index is 0.0691. The molecule has 176 valence electrons. The number of anilines is 2. The maximum atomic E-state index is 13.3. The molecule has 4 aromatic rings. The number of amides is 2. The van der Waals surface area contributed by atoms with Gasteiger partial charge in [0.15, 0.2) is 0 Å². The van der Waals surface area contributed by atoms with Gasteiger partial charge in [-0.3, -0.25) is 14.5 Å². The Labute approximate surface area is 203 Å². The van der Waals surface area contributed by atoms with Gasteiger partial charge in [-0.25, -0.2) is 4.98 Å². The molecule has 7 heteroatoms. The van der Waals surface area contributed by atoms with E-state index in [1.54, 1.807) is 24.3 Å². The number of ether oxygens (including phenoxy) is 1. The normalized spacial score (nSPS) is 13.9. The van der Waals surface area contributed by atoms with Gasteiger partial charge in [-0.05, 0) is 36.4 Å². The zero-order chi connectivity index (χ0) is 24.0. The fraction of sp³-hybridized carbons (Fsp3) is 0.179. The molecule has 0 atom stereocenters. The first-order valence-electron chi connectivity index (χ1n) is 11.6. The van der Waals surface area contributed by atoms with Crippen LogP contribution < -0.4 is 10.6 Å². The van der Waals surface area contributed by atoms with E-state index in [4.69, 9.17) is 9.72 Å². The highest BCUT2D eigenvalue weighted by Gasteiger charge is 2.16. The largest absolute Gasteiger partial charge is 0.379 e. The van der Waals surface area contributed by atoms with Gasteiger partial charge in [0, 0.05) is 35.4 Å². The Morgan fingerprint density at radius 1 is 0.829 bits per heavy atom. The number of carbonyl (C=O) groups excluding carboxylic acids is 2. The van der Waals surface area contributed by atoms with Crippen molar-refractivity contribution < 1.29 is 14.3 Å². The Morgan fingerprint density at radius 3 is 2.23 bits per heavy atom. The number of nitrogens with zero attached hydrogens (tertiary/aromatic N) is 2. The van der Waals surface area contributed by atoms with Crippen LogP contribution in [0.15, 0.2) is 84.9 Å². The van der Waals surface area contributed by atoms with Crippen LogP contribution in [0.3, 0.4) is 0 Å². The lowest BCUT2D eigenvalue weighted by atomic mass is 10.0. The van der Waals surface area contributed by atoms with Gasteiger partial charge in [-0.2, -0.15) is 0 Å². The van der Waals surface area contributed by atoms with Gasteiger partial charge >= 0.3 is 0 Å². The average Bonchev–Trinajstić information content (AvgIpc) is 2.90. The standard InChI is InChI=1S/C28H26N4O3/c33-27(19-32-14-16-35-17-15-32)29-21-10-12-22(13-11-21)30-28(34)24-18-26(20-6-2-1-3-7-20)31-25-9-5-4-8-23(24)25/h1-13,18H,14-17,19H2,(H,29,33)(H,30,34). The van der Waals surface area contributed by atoms with Crippen LogP contribution in [0, 0.1) is 0 Å². The molecule has 1 aliphatic heterocycles. The number of aromatic nitrogens is 1. The van der Waals surface area contributed by atoms with E-state index in [2.05, 4.69) is 15.5 Å². The second-order valence-electron chi connectivity index (χ2n) is 8.41. The summed E-state index contributed by atoms with van der Waals surface area (Å²) in [5, 5.41) is 6.67. The van der Waals surface area contributed by atoms with E-state index in [0.717, 1.165) is 35.2 Å². The molecule has 7 nitrogen and oxygen atoms in total. The molecule has 0 bridgehead atoms. The lowest BCUT2D eigenvalue weighted by Gasteiger charge is -2.25. The van der Waals surface area contributed by atoms with Gasteiger partial charge in [0.25, 0.3) is 5.91 Å². The van der Waals surface area contributed by atoms with Crippen LogP contribution in [0.5, 0.6) is 0 Å². The number of nitrogens with one attached hydrogen (secondary N) is 2. The second kappa shape index (κ2) is 10.5. The summed E-state index contributed by atoms with van der Waals surface area (Å²) < 4.78 is 5.32. The van der Waals surface area contributed by atoms with Crippen LogP contribution in [0.1, 0.15) is 10.4 Å². The Balaban J connectivity index is 1.30. The molecule has 1 saturated heterocycles. The van der Waals surface area contributed by atoms with Crippen molar-refractivity contribution in [1.29, 1.82) is 0 Å². The second-order valence-corrected chi connectivity index (χ2v) is 8.41. The number of carbonyl (C=O) groups is 2. The quantitative estimate of drug-likeness (QED) is 0.439. The van der Waals surface area contributed by atoms with E-state index in [0.29, 0.717) is 36.7 Å². The Bertz CT molecular complexity index is 1330. The van der Waals surface area contributed by atoms with Crippen molar-refractivity contribution in [3.63, 3.8) is 0 Å². The van der Waals surface area contributed by atoms with Crippen molar-refractivity contribution in [2.75, 3.05) is 43.5 Å². The van der Waals surface area contributed by atoms with E-state index in [1.165, 1.54) is 0 Å². The van der Waals surface area contributed by atoms with E-state index in [1.807, 2.05) is 60.7 Å². The third kappa shape index (κ3) is 5.54. The summed E-state index contributed by atoms with van der Waals surface area (Å²) >= 11 is 0. The summed E-state index contributed by atoms with van der Waals surface area (Å²) in [6.45, 7) is 3.16. The van der Waals surface area contributed by atoms with Crippen LogP contribution in [-0.4, -0.2) is 54.5 Å². The molecular formula is C28H26N4O3. The van der Waals surface area contributed by atoms with Crippen molar-refractivity contribution in [1.82, 2.24) is 9.88 Å². The third-order valence-electron chi connectivity index (χ3n) is 5.93. The minimum atomic E-state index is -0.218. The van der Waals surface area contributed by atoms with Crippen LogP contribution in [0.25, 0.3) is 22.2 Å². The number of hydrogen-bond donors (Lipinski definition) is 2. The number of pyridine rings is 1. The molecule has 0 radical (unpaired) electrons. The van der Waals surface area contributed by atoms with Crippen molar-refractivity contribution in [3.05, 3.63) is 90.5 Å². The third-order valence-corrected chi connectivity index (χ3v) is 5.93. The van der Waals surface area contributed by atoms with Crippen molar-refractivity contribution >= 4 is 34.1 Å². The van der Waals surface area contributed by atoms with Gasteiger partial charge in [-0.1, -0.05) is 48.5 Å². The maximum Gasteiger partial charge on any atom is 0.256 e. The molecule has 1 fully saturated rings. The lowest BCUT2D eigenvalue weighted by Crippen LogP contribution is -2.41. The van der Waals surface area contributed by atoms with E-state index < -0.39 is 0 Å². The van der Waals surface area contributed by atoms with Crippen molar-refractivity contribution in [2.24, 2.45) is 0 Å². The number of benzene rings is 3. The summed E-state index contributed by atoms with van der Waals surface area (Å²) in [6.07, 6.45) is 0. The number of fused-ring (bicyclic) bond motifs is 1. The molecule has 0 saturated carbocycles. The van der Waals surface area contributed by atoms with Crippen molar-refractivity contribution in [3.8, 4) is 11.3 Å². The summed E-state index contributed by atoms with van der Waals surface area (Å²) in [5.74, 6) is -0.287. The first-order valence-corrected chi connectivity index (χ1v) is 11.6. The zero-order valence-corrected chi connectivity index (χ0v) is 19.2. The van der Waals surface area contributed by atoms with E-state index in [9.17, 15) is 9.59 Å². The van der Waals surface area contributed by atoms with Crippen LogP contribution >= 0.6 is 0 Å². The van der Waals surface area contributed by atoms with Gasteiger partial charge in [0.05, 0.1) is 36.5 Å². The molecule has 2 heterocycles. The lowest BCUT2D eigenvalue weighted by molar-refractivity contribution is -0.118. The molecule has 0 aliphatic carbocycles. The molecule has 2 amide bonds. The molecule has 0 spiro atoms. The Morgan fingerprint density at radius 2 is 1.49 bits per heavy atom. The highest BCUT2D eigenvalue weighted by atomic mass is 16.5. The van der Waals surface area contributed by atoms with Crippen molar-refractivity contribution in [2.45, 2.75) is 0 Å². The van der Waals surface area contributed by atoms with Crippen LogP contribution in [-0.2, 0) is 9.53 Å². The Kier molecular flexibility index (Phi) is 6.79. The summed E-state index contributed by atoms with van der Waals surface area (Å²) in [6, 6.07) is 26.4. The first-order chi connectivity index (χ1) is 17.2. The average molecular weight is 467 g/mol. The first kappa shape index (κ1) is 22.7. The number of para-hydroxylation sites is 1. The molecular weight excluding hydrogens is 440 g/mol. The highest BCUT2D eigenvalue weighted by Crippen LogP contribution is 2.26.